The van der Waals surface area contributed by atoms with Crippen LogP contribution in [0.1, 0.15) is 16.2 Å². The second-order valence-electron chi connectivity index (χ2n) is 2.70. The van der Waals surface area contributed by atoms with Gasteiger partial charge in [0.15, 0.2) is 6.29 Å². The molecule has 0 aliphatic carbocycles. The summed E-state index contributed by atoms with van der Waals surface area (Å²) in [7, 11) is 0. The second-order valence-corrected chi connectivity index (χ2v) is 2.70. The molecule has 0 radical (unpaired) electrons. The molecule has 0 aliphatic rings. The average Bonchev–Trinajstić information content (AvgIpc) is 2.59. The van der Waals surface area contributed by atoms with E-state index < -0.39 is 0 Å². The second kappa shape index (κ2) is 2.99. The van der Waals surface area contributed by atoms with Gasteiger partial charge >= 0.3 is 0 Å². The maximum Gasteiger partial charge on any atom is 0.168 e. The molecule has 0 saturated carbocycles. The van der Waals surface area contributed by atoms with Crippen molar-refractivity contribution in [2.24, 2.45) is 0 Å². The number of pyridine rings is 1. The van der Waals surface area contributed by atoms with Crippen LogP contribution in [0.4, 0.5) is 0 Å². The third-order valence-corrected chi connectivity index (χ3v) is 1.85. The van der Waals surface area contributed by atoms with E-state index in [0.717, 1.165) is 11.8 Å². The van der Waals surface area contributed by atoms with Gasteiger partial charge < -0.3 is 5.11 Å². The Morgan fingerprint density at radius 2 is 2.38 bits per heavy atom. The number of rotatable bonds is 2. The number of nitrogens with zero attached hydrogens (tertiary/aromatic N) is 2. The van der Waals surface area contributed by atoms with Crippen LogP contribution in [0.25, 0.3) is 5.52 Å². The van der Waals surface area contributed by atoms with Gasteiger partial charge in [-0.2, -0.15) is 5.10 Å². The minimum Gasteiger partial charge on any atom is -0.390 e. The standard InChI is InChI=1S/C9H8N2O2/c12-5-7-4-8-2-1-3-9(6-13)11(8)10-7/h1-4,6,12H,5H2. The van der Waals surface area contributed by atoms with Crippen molar-refractivity contribution < 1.29 is 9.90 Å². The van der Waals surface area contributed by atoms with Crippen LogP contribution in [0.5, 0.6) is 0 Å². The van der Waals surface area contributed by atoms with Gasteiger partial charge in [0.25, 0.3) is 0 Å². The predicted molar refractivity (Wildman–Crippen MR) is 46.5 cm³/mol. The zero-order valence-electron chi connectivity index (χ0n) is 6.84. The minimum absolute atomic E-state index is 0.111. The largest absolute Gasteiger partial charge is 0.390 e. The van der Waals surface area contributed by atoms with Crippen LogP contribution >= 0.6 is 0 Å². The quantitative estimate of drug-likeness (QED) is 0.683. The maximum absolute atomic E-state index is 10.6. The van der Waals surface area contributed by atoms with Crippen molar-refractivity contribution in [3.8, 4) is 0 Å². The minimum atomic E-state index is -0.111. The number of aliphatic hydroxyl groups is 1. The summed E-state index contributed by atoms with van der Waals surface area (Å²) in [6, 6.07) is 7.03. The van der Waals surface area contributed by atoms with E-state index in [2.05, 4.69) is 5.10 Å². The van der Waals surface area contributed by atoms with Crippen LogP contribution < -0.4 is 0 Å². The third kappa shape index (κ3) is 1.21. The fourth-order valence-corrected chi connectivity index (χ4v) is 1.25. The maximum atomic E-state index is 10.6. The third-order valence-electron chi connectivity index (χ3n) is 1.85. The monoisotopic (exact) mass is 176 g/mol. The summed E-state index contributed by atoms with van der Waals surface area (Å²) >= 11 is 0. The Labute approximate surface area is 74.4 Å². The van der Waals surface area contributed by atoms with Gasteiger partial charge in [0.2, 0.25) is 0 Å². The van der Waals surface area contributed by atoms with Gasteiger partial charge in [0, 0.05) is 0 Å². The highest BCUT2D eigenvalue weighted by atomic mass is 16.3. The Morgan fingerprint density at radius 1 is 1.54 bits per heavy atom. The first-order valence-electron chi connectivity index (χ1n) is 3.89. The number of carbonyl (C=O) groups excluding carboxylic acids is 1. The van der Waals surface area contributed by atoms with Crippen molar-refractivity contribution >= 4 is 11.8 Å². The van der Waals surface area contributed by atoms with Crippen LogP contribution in [-0.2, 0) is 6.61 Å². The molecular formula is C9H8N2O2. The van der Waals surface area contributed by atoms with E-state index >= 15 is 0 Å². The highest BCUT2D eigenvalue weighted by Gasteiger charge is 2.02. The van der Waals surface area contributed by atoms with E-state index in [9.17, 15) is 4.79 Å². The first kappa shape index (κ1) is 7.94. The van der Waals surface area contributed by atoms with Crippen LogP contribution in [0.2, 0.25) is 0 Å². The fraction of sp³-hybridized carbons (Fsp3) is 0.111. The summed E-state index contributed by atoms with van der Waals surface area (Å²) in [6.45, 7) is -0.111. The number of fused-ring (bicyclic) bond motifs is 1. The highest BCUT2D eigenvalue weighted by molar-refractivity contribution is 5.74. The first-order valence-corrected chi connectivity index (χ1v) is 3.89. The SMILES string of the molecule is O=Cc1cccc2cc(CO)nn12. The predicted octanol–water partition coefficient (Wildman–Crippen LogP) is 0.639. The van der Waals surface area contributed by atoms with Crippen molar-refractivity contribution in [2.75, 3.05) is 0 Å². The van der Waals surface area contributed by atoms with E-state index in [1.54, 1.807) is 18.2 Å². The molecule has 2 rings (SSSR count). The van der Waals surface area contributed by atoms with Crippen molar-refractivity contribution in [1.82, 2.24) is 9.61 Å². The molecule has 2 heterocycles. The van der Waals surface area contributed by atoms with E-state index in [1.807, 2.05) is 6.07 Å². The Morgan fingerprint density at radius 3 is 3.08 bits per heavy atom. The van der Waals surface area contributed by atoms with Crippen LogP contribution in [0, 0.1) is 0 Å². The fourth-order valence-electron chi connectivity index (χ4n) is 1.25. The van der Waals surface area contributed by atoms with Gasteiger partial charge in [-0.05, 0) is 18.2 Å². The molecule has 4 nitrogen and oxygen atoms in total. The number of aromatic nitrogens is 2. The Balaban J connectivity index is 2.74. The summed E-state index contributed by atoms with van der Waals surface area (Å²) in [5.74, 6) is 0. The molecule has 4 heteroatoms. The van der Waals surface area contributed by atoms with Crippen LogP contribution in [0.3, 0.4) is 0 Å². The van der Waals surface area contributed by atoms with Gasteiger partial charge in [-0.1, -0.05) is 6.07 Å². The Bertz CT molecular complexity index is 448. The normalized spacial score (nSPS) is 10.5. The molecule has 0 fully saturated rings. The average molecular weight is 176 g/mol. The lowest BCUT2D eigenvalue weighted by atomic mass is 10.3. The summed E-state index contributed by atoms with van der Waals surface area (Å²) in [5.41, 5.74) is 1.86. The Hall–Kier alpha value is -1.68. The van der Waals surface area contributed by atoms with Crippen LogP contribution in [-0.4, -0.2) is 21.0 Å². The smallest absolute Gasteiger partial charge is 0.168 e. The molecule has 0 amide bonds. The zero-order valence-corrected chi connectivity index (χ0v) is 6.84. The lowest BCUT2D eigenvalue weighted by molar-refractivity contribution is 0.111. The summed E-state index contributed by atoms with van der Waals surface area (Å²) in [4.78, 5) is 10.6. The molecule has 0 aliphatic heterocycles. The van der Waals surface area contributed by atoms with E-state index in [-0.39, 0.29) is 6.61 Å². The lowest BCUT2D eigenvalue weighted by Crippen LogP contribution is -1.96. The molecule has 0 bridgehead atoms. The molecule has 2 aromatic heterocycles. The highest BCUT2D eigenvalue weighted by Crippen LogP contribution is 2.08. The van der Waals surface area contributed by atoms with Gasteiger partial charge in [0.05, 0.1) is 17.8 Å². The molecular weight excluding hydrogens is 168 g/mol. The number of hydrogen-bond donors (Lipinski definition) is 1. The molecule has 1 N–H and O–H groups in total. The molecule has 0 spiro atoms. The molecule has 13 heavy (non-hydrogen) atoms. The summed E-state index contributed by atoms with van der Waals surface area (Å²) in [6.07, 6.45) is 0.737. The van der Waals surface area contributed by atoms with Crippen molar-refractivity contribution in [3.63, 3.8) is 0 Å². The van der Waals surface area contributed by atoms with E-state index in [1.165, 1.54) is 4.52 Å². The first-order chi connectivity index (χ1) is 6.35. The number of aliphatic hydroxyl groups excluding tert-OH is 1. The number of aldehydes is 1. The van der Waals surface area contributed by atoms with Crippen molar-refractivity contribution in [1.29, 1.82) is 0 Å². The molecule has 0 atom stereocenters. The van der Waals surface area contributed by atoms with Gasteiger partial charge in [-0.15, -0.1) is 0 Å². The zero-order chi connectivity index (χ0) is 9.26. The molecule has 0 aromatic carbocycles. The molecule has 0 unspecified atom stereocenters. The topological polar surface area (TPSA) is 54.6 Å². The van der Waals surface area contributed by atoms with E-state index in [4.69, 9.17) is 5.11 Å². The van der Waals surface area contributed by atoms with Crippen LogP contribution in [0.15, 0.2) is 24.3 Å². The lowest BCUT2D eigenvalue weighted by Gasteiger charge is -1.94. The van der Waals surface area contributed by atoms with Crippen molar-refractivity contribution in [2.45, 2.75) is 6.61 Å². The van der Waals surface area contributed by atoms with E-state index in [0.29, 0.717) is 11.4 Å². The van der Waals surface area contributed by atoms with Crippen molar-refractivity contribution in [3.05, 3.63) is 35.7 Å². The molecule has 66 valence electrons. The summed E-state index contributed by atoms with van der Waals surface area (Å²) < 4.78 is 1.51. The number of carbonyl (C=O) groups is 1. The van der Waals surface area contributed by atoms with Gasteiger partial charge in [-0.3, -0.25) is 4.79 Å². The Kier molecular flexibility index (Phi) is 1.83. The van der Waals surface area contributed by atoms with Gasteiger partial charge in [0.1, 0.15) is 5.69 Å². The number of hydrogen-bond acceptors (Lipinski definition) is 3. The summed E-state index contributed by atoms with van der Waals surface area (Å²) in [5, 5.41) is 12.9. The molecule has 0 saturated heterocycles. The van der Waals surface area contributed by atoms with Gasteiger partial charge in [-0.25, -0.2) is 4.52 Å². The molecule has 2 aromatic rings.